The first-order valence-corrected chi connectivity index (χ1v) is 10.4. The highest BCUT2D eigenvalue weighted by Gasteiger charge is 2.36. The van der Waals surface area contributed by atoms with Crippen LogP contribution in [-0.4, -0.2) is 60.2 Å². The average molecular weight is 380 g/mol. The molecule has 1 aliphatic rings. The molecule has 1 aromatic rings. The van der Waals surface area contributed by atoms with E-state index in [4.69, 9.17) is 4.74 Å². The maximum Gasteiger partial charge on any atom is 0.241 e. The second kappa shape index (κ2) is 7.04. The maximum absolute atomic E-state index is 13.2. The average Bonchev–Trinajstić information content (AvgIpc) is 2.83. The molecule has 0 spiro atoms. The van der Waals surface area contributed by atoms with Crippen molar-refractivity contribution >= 4 is 20.0 Å². The first kappa shape index (κ1) is 19.3. The third-order valence-corrected chi connectivity index (χ3v) is 7.52. The minimum atomic E-state index is -3.90. The number of nitrogens with zero attached hydrogens (tertiary/aromatic N) is 1. The number of ether oxygens (including phenoxy) is 1. The van der Waals surface area contributed by atoms with Crippen LogP contribution in [0.25, 0.3) is 0 Å². The summed E-state index contributed by atoms with van der Waals surface area (Å²) in [6.07, 6.45) is 0. The highest BCUT2D eigenvalue weighted by atomic mass is 32.2. The molecule has 0 aliphatic carbocycles. The van der Waals surface area contributed by atoms with Crippen LogP contribution in [0.3, 0.4) is 0 Å². The molecule has 0 amide bonds. The zero-order valence-electron chi connectivity index (χ0n) is 13.7. The Bertz CT molecular complexity index is 808. The number of benzene rings is 1. The van der Waals surface area contributed by atoms with E-state index in [0.29, 0.717) is 0 Å². The molecule has 0 unspecified atom stereocenters. The van der Waals surface area contributed by atoms with Gasteiger partial charge in [-0.15, -0.1) is 0 Å². The third kappa shape index (κ3) is 4.31. The van der Waals surface area contributed by atoms with Crippen molar-refractivity contribution in [2.75, 3.05) is 33.1 Å². The summed E-state index contributed by atoms with van der Waals surface area (Å²) >= 11 is 0. The summed E-state index contributed by atoms with van der Waals surface area (Å²) in [7, 11) is -4.54. The third-order valence-electron chi connectivity index (χ3n) is 3.91. The van der Waals surface area contributed by atoms with Gasteiger partial charge in [-0.2, -0.15) is 0 Å². The first-order valence-electron chi connectivity index (χ1n) is 7.29. The predicted molar refractivity (Wildman–Crippen MR) is 87.0 cm³/mol. The lowest BCUT2D eigenvalue weighted by Crippen LogP contribution is -2.43. The minimum Gasteiger partial charge on any atom is -0.379 e. The van der Waals surface area contributed by atoms with Crippen molar-refractivity contribution < 1.29 is 26.0 Å². The van der Waals surface area contributed by atoms with Crippen LogP contribution in [0.1, 0.15) is 5.56 Å². The van der Waals surface area contributed by atoms with Gasteiger partial charge >= 0.3 is 0 Å². The normalized spacial score (nSPS) is 22.2. The fourth-order valence-corrected chi connectivity index (χ4v) is 5.17. The van der Waals surface area contributed by atoms with Gasteiger partial charge in [0, 0.05) is 20.0 Å². The van der Waals surface area contributed by atoms with Gasteiger partial charge in [0.2, 0.25) is 20.0 Å². The summed E-state index contributed by atoms with van der Waals surface area (Å²) in [6.45, 7) is 1.74. The lowest BCUT2D eigenvalue weighted by molar-refractivity contribution is 0.185. The fourth-order valence-electron chi connectivity index (χ4n) is 2.49. The number of nitrogens with one attached hydrogen (secondary N) is 1. The molecule has 7 nitrogen and oxygen atoms in total. The molecule has 1 fully saturated rings. The van der Waals surface area contributed by atoms with Gasteiger partial charge < -0.3 is 4.74 Å². The first-order chi connectivity index (χ1) is 11.0. The molecule has 0 radical (unpaired) electrons. The molecule has 24 heavy (non-hydrogen) atoms. The van der Waals surface area contributed by atoms with Gasteiger partial charge in [-0.3, -0.25) is 0 Å². The molecule has 0 aromatic heterocycles. The van der Waals surface area contributed by atoms with Crippen LogP contribution in [0.2, 0.25) is 0 Å². The zero-order valence-corrected chi connectivity index (χ0v) is 15.3. The minimum absolute atomic E-state index is 0.0370. The van der Waals surface area contributed by atoms with E-state index in [9.17, 15) is 21.2 Å². The van der Waals surface area contributed by atoms with E-state index in [2.05, 4.69) is 4.72 Å². The Balaban J connectivity index is 2.19. The van der Waals surface area contributed by atoms with Crippen LogP contribution >= 0.6 is 0 Å². The largest absolute Gasteiger partial charge is 0.379 e. The Hall–Kier alpha value is -1.07. The van der Waals surface area contributed by atoms with Gasteiger partial charge in [0.05, 0.1) is 29.9 Å². The molecule has 2 atom stereocenters. The molecule has 1 aliphatic heterocycles. The highest BCUT2D eigenvalue weighted by molar-refractivity contribution is 7.89. The second-order valence-electron chi connectivity index (χ2n) is 6.00. The van der Waals surface area contributed by atoms with Gasteiger partial charge in [0.25, 0.3) is 0 Å². The standard InChI is InChI=1S/C14H21FN2O5S2/c1-10-6-12(15)4-5-14(10)24(20,21)16-13-8-22-7-11(13)9-23(18,19)17(2)3/h4-6,11,13,16H,7-9H2,1-3H3/t11-,13+/m0/s1. The fraction of sp³-hybridized carbons (Fsp3) is 0.571. The molecule has 10 heteroatoms. The maximum atomic E-state index is 13.2. The van der Waals surface area contributed by atoms with Crippen LogP contribution in [0.15, 0.2) is 23.1 Å². The van der Waals surface area contributed by atoms with E-state index in [1.165, 1.54) is 27.1 Å². The Labute approximate surface area is 141 Å². The highest BCUT2D eigenvalue weighted by Crippen LogP contribution is 2.21. The number of aryl methyl sites for hydroxylation is 1. The summed E-state index contributed by atoms with van der Waals surface area (Å²) in [5.41, 5.74) is 0.277. The van der Waals surface area contributed by atoms with E-state index in [1.54, 1.807) is 0 Å². The van der Waals surface area contributed by atoms with Crippen molar-refractivity contribution in [3.8, 4) is 0 Å². The summed E-state index contributed by atoms with van der Waals surface area (Å²) < 4.78 is 71.1. The molecule has 0 saturated carbocycles. The van der Waals surface area contributed by atoms with Crippen LogP contribution in [-0.2, 0) is 24.8 Å². The van der Waals surface area contributed by atoms with E-state index in [-0.39, 0.29) is 29.4 Å². The number of sulfonamides is 2. The zero-order chi connectivity index (χ0) is 18.1. The number of hydrogen-bond donors (Lipinski definition) is 1. The van der Waals surface area contributed by atoms with Crippen LogP contribution in [0.5, 0.6) is 0 Å². The molecule has 0 bridgehead atoms. The van der Waals surface area contributed by atoms with Crippen LogP contribution < -0.4 is 4.72 Å². The Kier molecular flexibility index (Phi) is 5.65. The summed E-state index contributed by atoms with van der Waals surface area (Å²) in [5, 5.41) is 0. The summed E-state index contributed by atoms with van der Waals surface area (Å²) in [6, 6.07) is 2.73. The molecular formula is C14H21FN2O5S2. The van der Waals surface area contributed by atoms with Crippen molar-refractivity contribution in [1.82, 2.24) is 9.03 Å². The summed E-state index contributed by atoms with van der Waals surface area (Å²) in [5.74, 6) is -1.23. The molecular weight excluding hydrogens is 359 g/mol. The molecule has 1 aromatic carbocycles. The van der Waals surface area contributed by atoms with E-state index in [0.717, 1.165) is 16.4 Å². The Morgan fingerprint density at radius 1 is 1.25 bits per heavy atom. The molecule has 1 N–H and O–H groups in total. The molecule has 2 rings (SSSR count). The van der Waals surface area contributed by atoms with Crippen LogP contribution in [0, 0.1) is 18.7 Å². The van der Waals surface area contributed by atoms with Gasteiger partial charge in [0.1, 0.15) is 5.82 Å². The van der Waals surface area contributed by atoms with Gasteiger partial charge in [-0.25, -0.2) is 30.3 Å². The predicted octanol–water partition coefficient (Wildman–Crippen LogP) is 0.319. The topological polar surface area (TPSA) is 92.8 Å². The Morgan fingerprint density at radius 3 is 2.50 bits per heavy atom. The van der Waals surface area contributed by atoms with Gasteiger partial charge in [0.15, 0.2) is 0 Å². The van der Waals surface area contributed by atoms with Gasteiger partial charge in [-0.1, -0.05) is 0 Å². The number of halogens is 1. The monoisotopic (exact) mass is 380 g/mol. The number of rotatable bonds is 6. The molecule has 136 valence electrons. The Morgan fingerprint density at radius 2 is 1.92 bits per heavy atom. The van der Waals surface area contributed by atoms with E-state index < -0.39 is 37.8 Å². The van der Waals surface area contributed by atoms with Crippen molar-refractivity contribution in [3.05, 3.63) is 29.6 Å². The molecule has 1 saturated heterocycles. The lowest BCUT2D eigenvalue weighted by Gasteiger charge is -2.21. The molecule has 1 heterocycles. The van der Waals surface area contributed by atoms with Crippen molar-refractivity contribution in [1.29, 1.82) is 0 Å². The van der Waals surface area contributed by atoms with Crippen molar-refractivity contribution in [2.24, 2.45) is 5.92 Å². The van der Waals surface area contributed by atoms with Crippen LogP contribution in [0.4, 0.5) is 4.39 Å². The SMILES string of the molecule is Cc1cc(F)ccc1S(=O)(=O)N[C@@H]1COC[C@H]1CS(=O)(=O)N(C)C. The summed E-state index contributed by atoms with van der Waals surface area (Å²) in [4.78, 5) is -0.0370. The quantitative estimate of drug-likeness (QED) is 0.767. The second-order valence-corrected chi connectivity index (χ2v) is 9.91. The van der Waals surface area contributed by atoms with Gasteiger partial charge in [-0.05, 0) is 30.7 Å². The lowest BCUT2D eigenvalue weighted by atomic mass is 10.1. The number of hydrogen-bond acceptors (Lipinski definition) is 5. The smallest absolute Gasteiger partial charge is 0.241 e. The van der Waals surface area contributed by atoms with Crippen molar-refractivity contribution in [2.45, 2.75) is 17.9 Å². The van der Waals surface area contributed by atoms with E-state index in [1.807, 2.05) is 0 Å². The van der Waals surface area contributed by atoms with Crippen molar-refractivity contribution in [3.63, 3.8) is 0 Å². The van der Waals surface area contributed by atoms with E-state index >= 15 is 0 Å².